The van der Waals surface area contributed by atoms with Crippen LogP contribution >= 0.6 is 0 Å². The molecule has 1 saturated heterocycles. The number of benzene rings is 1. The lowest BCUT2D eigenvalue weighted by Crippen LogP contribution is -2.46. The largest absolute Gasteiger partial charge is 0.465 e. The molecule has 0 saturated carbocycles. The van der Waals surface area contributed by atoms with Crippen LogP contribution in [0.3, 0.4) is 0 Å². The van der Waals surface area contributed by atoms with Crippen molar-refractivity contribution in [3.63, 3.8) is 0 Å². The molecule has 1 aliphatic rings. The van der Waals surface area contributed by atoms with Crippen LogP contribution in [0.15, 0.2) is 24.3 Å². The first-order chi connectivity index (χ1) is 10.5. The number of aliphatic hydroxyl groups excluding tert-OH is 1. The number of rotatable bonds is 4. The van der Waals surface area contributed by atoms with Gasteiger partial charge < -0.3 is 19.8 Å². The van der Waals surface area contributed by atoms with Gasteiger partial charge in [-0.1, -0.05) is 12.1 Å². The smallest absolute Gasteiger partial charge is 0.407 e. The number of aliphatic hydroxyl groups is 1. The van der Waals surface area contributed by atoms with Crippen molar-refractivity contribution >= 4 is 12.1 Å². The van der Waals surface area contributed by atoms with E-state index >= 15 is 0 Å². The predicted octanol–water partition coefficient (Wildman–Crippen LogP) is 2.43. The van der Waals surface area contributed by atoms with Gasteiger partial charge in [-0.2, -0.15) is 0 Å². The molecule has 22 heavy (non-hydrogen) atoms. The van der Waals surface area contributed by atoms with Crippen molar-refractivity contribution in [1.29, 1.82) is 0 Å². The lowest BCUT2D eigenvalue weighted by Gasteiger charge is -2.36. The summed E-state index contributed by atoms with van der Waals surface area (Å²) in [4.78, 5) is 24.3. The number of carboxylic acid groups (broad SMARTS) is 1. The second-order valence-corrected chi connectivity index (χ2v) is 5.33. The van der Waals surface area contributed by atoms with Crippen LogP contribution in [0.4, 0.5) is 4.79 Å². The van der Waals surface area contributed by atoms with Gasteiger partial charge in [0.05, 0.1) is 24.3 Å². The zero-order valence-electron chi connectivity index (χ0n) is 12.6. The van der Waals surface area contributed by atoms with Crippen LogP contribution < -0.4 is 0 Å². The van der Waals surface area contributed by atoms with Crippen LogP contribution in [0.1, 0.15) is 48.2 Å². The number of esters is 1. The van der Waals surface area contributed by atoms with Crippen molar-refractivity contribution < 1.29 is 24.5 Å². The zero-order valence-corrected chi connectivity index (χ0v) is 12.6. The monoisotopic (exact) mass is 307 g/mol. The van der Waals surface area contributed by atoms with Crippen molar-refractivity contribution in [2.24, 2.45) is 0 Å². The van der Waals surface area contributed by atoms with E-state index in [4.69, 9.17) is 4.74 Å². The molecule has 1 aromatic rings. The van der Waals surface area contributed by atoms with Crippen LogP contribution in [0.25, 0.3) is 0 Å². The fourth-order valence-electron chi connectivity index (χ4n) is 2.81. The van der Waals surface area contributed by atoms with Crippen molar-refractivity contribution in [3.05, 3.63) is 35.4 Å². The summed E-state index contributed by atoms with van der Waals surface area (Å²) in [5.74, 6) is -0.449. The summed E-state index contributed by atoms with van der Waals surface area (Å²) in [5, 5.41) is 19.8. The molecule has 1 aliphatic heterocycles. The van der Waals surface area contributed by atoms with Crippen molar-refractivity contribution in [2.75, 3.05) is 13.2 Å². The van der Waals surface area contributed by atoms with Gasteiger partial charge in [-0.3, -0.25) is 0 Å². The summed E-state index contributed by atoms with van der Waals surface area (Å²) in [6.07, 6.45) is 0.314. The summed E-state index contributed by atoms with van der Waals surface area (Å²) < 4.78 is 4.94. The summed E-state index contributed by atoms with van der Waals surface area (Å²) in [6.45, 7) is 2.43. The third-order valence-corrected chi connectivity index (χ3v) is 3.90. The minimum absolute atomic E-state index is 0.279. The molecule has 120 valence electrons. The van der Waals surface area contributed by atoms with E-state index < -0.39 is 24.2 Å². The number of likely N-dealkylation sites (tertiary alicyclic amines) is 1. The fourth-order valence-corrected chi connectivity index (χ4v) is 2.81. The van der Waals surface area contributed by atoms with Crippen molar-refractivity contribution in [2.45, 2.75) is 38.3 Å². The first-order valence-corrected chi connectivity index (χ1v) is 7.49. The van der Waals surface area contributed by atoms with E-state index in [-0.39, 0.29) is 6.61 Å². The average molecular weight is 307 g/mol. The Hall–Kier alpha value is -2.08. The Morgan fingerprint density at radius 2 is 2.18 bits per heavy atom. The molecule has 6 heteroatoms. The van der Waals surface area contributed by atoms with Gasteiger partial charge >= 0.3 is 12.1 Å². The minimum atomic E-state index is -1.02. The number of piperidine rings is 1. The normalized spacial score (nSPS) is 19.5. The molecule has 0 spiro atoms. The van der Waals surface area contributed by atoms with E-state index in [1.807, 2.05) is 0 Å². The Bertz CT molecular complexity index is 545. The standard InChI is InChI=1S/C16H21NO5/c1-2-22-15(19)12-7-5-6-11(10-12)14(18)13-8-3-4-9-17(13)16(20)21/h5-7,10,13-14,18H,2-4,8-9H2,1H3,(H,20,21)/t13-,14?/m0/s1. The summed E-state index contributed by atoms with van der Waals surface area (Å²) in [6, 6.07) is 6.06. The first-order valence-electron chi connectivity index (χ1n) is 7.49. The second kappa shape index (κ2) is 7.26. The van der Waals surface area contributed by atoms with Crippen LogP contribution in [0.2, 0.25) is 0 Å². The van der Waals surface area contributed by atoms with E-state index in [1.54, 1.807) is 31.2 Å². The Balaban J connectivity index is 2.20. The lowest BCUT2D eigenvalue weighted by atomic mass is 9.92. The number of hydrogen-bond donors (Lipinski definition) is 2. The van der Waals surface area contributed by atoms with Gasteiger partial charge in [0.15, 0.2) is 0 Å². The Morgan fingerprint density at radius 3 is 2.86 bits per heavy atom. The van der Waals surface area contributed by atoms with E-state index in [0.29, 0.717) is 24.1 Å². The summed E-state index contributed by atoms with van der Waals surface area (Å²) in [5.41, 5.74) is 0.889. The molecule has 6 nitrogen and oxygen atoms in total. The summed E-state index contributed by atoms with van der Waals surface area (Å²) in [7, 11) is 0. The predicted molar refractivity (Wildman–Crippen MR) is 79.7 cm³/mol. The highest BCUT2D eigenvalue weighted by Crippen LogP contribution is 2.29. The van der Waals surface area contributed by atoms with E-state index in [9.17, 15) is 19.8 Å². The Labute approximate surface area is 129 Å². The highest BCUT2D eigenvalue weighted by molar-refractivity contribution is 5.89. The number of hydrogen-bond acceptors (Lipinski definition) is 4. The van der Waals surface area contributed by atoms with Crippen LogP contribution in [-0.4, -0.2) is 46.4 Å². The van der Waals surface area contributed by atoms with Crippen molar-refractivity contribution in [1.82, 2.24) is 4.90 Å². The molecule has 0 aromatic heterocycles. The molecule has 1 amide bonds. The quantitative estimate of drug-likeness (QED) is 0.834. The van der Waals surface area contributed by atoms with E-state index in [2.05, 4.69) is 0 Å². The Morgan fingerprint density at radius 1 is 1.41 bits per heavy atom. The maximum Gasteiger partial charge on any atom is 0.407 e. The molecule has 2 N–H and O–H groups in total. The topological polar surface area (TPSA) is 87.1 Å². The number of nitrogens with zero attached hydrogens (tertiary/aromatic N) is 1. The number of carbonyl (C=O) groups excluding carboxylic acids is 1. The molecule has 0 radical (unpaired) electrons. The van der Waals surface area contributed by atoms with Gasteiger partial charge in [-0.05, 0) is 43.9 Å². The third kappa shape index (κ3) is 3.57. The van der Waals surface area contributed by atoms with Gasteiger partial charge in [-0.25, -0.2) is 9.59 Å². The second-order valence-electron chi connectivity index (χ2n) is 5.33. The van der Waals surface area contributed by atoms with Gasteiger partial charge in [0.25, 0.3) is 0 Å². The molecule has 2 atom stereocenters. The summed E-state index contributed by atoms with van der Waals surface area (Å²) >= 11 is 0. The third-order valence-electron chi connectivity index (χ3n) is 3.90. The first kappa shape index (κ1) is 16.3. The minimum Gasteiger partial charge on any atom is -0.465 e. The molecule has 1 fully saturated rings. The average Bonchev–Trinajstić information content (AvgIpc) is 2.54. The molecule has 1 heterocycles. The SMILES string of the molecule is CCOC(=O)c1cccc(C(O)[C@@H]2CCCCN2C(=O)O)c1. The molecular formula is C16H21NO5. The molecule has 2 rings (SSSR count). The van der Waals surface area contributed by atoms with E-state index in [1.165, 1.54) is 4.90 Å². The van der Waals surface area contributed by atoms with Crippen LogP contribution in [0, 0.1) is 0 Å². The highest BCUT2D eigenvalue weighted by atomic mass is 16.5. The number of amides is 1. The van der Waals surface area contributed by atoms with Gasteiger partial charge in [-0.15, -0.1) is 0 Å². The van der Waals surface area contributed by atoms with Gasteiger partial charge in [0.1, 0.15) is 0 Å². The number of carbonyl (C=O) groups is 2. The molecule has 1 aromatic carbocycles. The molecule has 0 bridgehead atoms. The fraction of sp³-hybridized carbons (Fsp3) is 0.500. The number of ether oxygens (including phenoxy) is 1. The van der Waals surface area contributed by atoms with Crippen LogP contribution in [-0.2, 0) is 4.74 Å². The van der Waals surface area contributed by atoms with Crippen LogP contribution in [0.5, 0.6) is 0 Å². The molecule has 0 aliphatic carbocycles. The highest BCUT2D eigenvalue weighted by Gasteiger charge is 2.32. The molecular weight excluding hydrogens is 286 g/mol. The maximum atomic E-state index is 11.8. The van der Waals surface area contributed by atoms with Gasteiger partial charge in [0, 0.05) is 6.54 Å². The van der Waals surface area contributed by atoms with Crippen molar-refractivity contribution in [3.8, 4) is 0 Å². The lowest BCUT2D eigenvalue weighted by molar-refractivity contribution is 0.0284. The maximum absolute atomic E-state index is 11.8. The Kier molecular flexibility index (Phi) is 5.38. The van der Waals surface area contributed by atoms with Gasteiger partial charge in [0.2, 0.25) is 0 Å². The van der Waals surface area contributed by atoms with E-state index in [0.717, 1.165) is 12.8 Å². The zero-order chi connectivity index (χ0) is 16.1. The molecule has 1 unspecified atom stereocenters.